The summed E-state index contributed by atoms with van der Waals surface area (Å²) >= 11 is 0. The van der Waals surface area contributed by atoms with Gasteiger partial charge in [-0.3, -0.25) is 4.57 Å². The lowest BCUT2D eigenvalue weighted by Crippen LogP contribution is -1.99. The fourth-order valence-electron chi connectivity index (χ4n) is 1.74. The predicted octanol–water partition coefficient (Wildman–Crippen LogP) is 4.63. The van der Waals surface area contributed by atoms with Crippen LogP contribution >= 0.6 is 0 Å². The molecule has 0 radical (unpaired) electrons. The van der Waals surface area contributed by atoms with E-state index in [0.717, 1.165) is 17.1 Å². The van der Waals surface area contributed by atoms with Gasteiger partial charge in [0.2, 0.25) is 0 Å². The summed E-state index contributed by atoms with van der Waals surface area (Å²) in [5.74, 6) is 0.879. The molecule has 0 bridgehead atoms. The summed E-state index contributed by atoms with van der Waals surface area (Å²) in [7, 11) is 0. The third-order valence-corrected chi connectivity index (χ3v) is 2.45. The Kier molecular flexibility index (Phi) is 6.10. The average Bonchev–Trinajstić information content (AvgIpc) is 2.87. The second-order valence-electron chi connectivity index (χ2n) is 3.81. The van der Waals surface area contributed by atoms with Crippen molar-refractivity contribution in [1.82, 2.24) is 9.55 Å². The summed E-state index contributed by atoms with van der Waals surface area (Å²) in [4.78, 5) is 4.43. The van der Waals surface area contributed by atoms with Crippen molar-refractivity contribution in [2.24, 2.45) is 0 Å². The second-order valence-corrected chi connectivity index (χ2v) is 3.81. The second kappa shape index (κ2) is 7.88. The van der Waals surface area contributed by atoms with E-state index in [9.17, 15) is 0 Å². The van der Waals surface area contributed by atoms with E-state index in [0.29, 0.717) is 0 Å². The summed E-state index contributed by atoms with van der Waals surface area (Å²) in [5.41, 5.74) is 2.03. The van der Waals surface area contributed by atoms with Crippen LogP contribution in [0.3, 0.4) is 0 Å². The van der Waals surface area contributed by atoms with Crippen LogP contribution < -0.4 is 0 Å². The number of hydrogen-bond acceptors (Lipinski definition) is 1. The molecule has 0 aliphatic heterocycles. The molecule has 1 aromatic heterocycles. The highest BCUT2D eigenvalue weighted by molar-refractivity contribution is 5.74. The van der Waals surface area contributed by atoms with Crippen LogP contribution in [0, 0.1) is 0 Å². The largest absolute Gasteiger partial charge is 0.300 e. The molecule has 0 spiro atoms. The molecule has 0 unspecified atom stereocenters. The van der Waals surface area contributed by atoms with Gasteiger partial charge in [-0.1, -0.05) is 49.6 Å². The summed E-state index contributed by atoms with van der Waals surface area (Å²) in [5, 5.41) is 0. The third-order valence-electron chi connectivity index (χ3n) is 2.45. The van der Waals surface area contributed by atoms with Crippen molar-refractivity contribution in [1.29, 1.82) is 0 Å². The summed E-state index contributed by atoms with van der Waals surface area (Å²) in [6.45, 7) is 11.5. The van der Waals surface area contributed by atoms with E-state index in [1.54, 1.807) is 18.3 Å². The molecule has 98 valence electrons. The van der Waals surface area contributed by atoms with Crippen molar-refractivity contribution in [3.8, 4) is 0 Å². The first-order valence-corrected chi connectivity index (χ1v) is 6.23. The number of imidazole rings is 1. The maximum Gasteiger partial charge on any atom is 0.144 e. The zero-order valence-corrected chi connectivity index (χ0v) is 11.6. The Balaban J connectivity index is 3.36. The van der Waals surface area contributed by atoms with Crippen molar-refractivity contribution in [3.63, 3.8) is 0 Å². The van der Waals surface area contributed by atoms with E-state index in [-0.39, 0.29) is 0 Å². The Hall–Kier alpha value is -2.35. The molecule has 1 heterocycles. The lowest BCUT2D eigenvalue weighted by atomic mass is 10.2. The van der Waals surface area contributed by atoms with Crippen LogP contribution in [0.4, 0.5) is 0 Å². The molecule has 0 aliphatic rings. The molecular formula is C17H20N2. The molecule has 0 saturated carbocycles. The number of aromatic nitrogens is 2. The van der Waals surface area contributed by atoms with Gasteiger partial charge in [-0.25, -0.2) is 4.98 Å². The minimum Gasteiger partial charge on any atom is -0.300 e. The van der Waals surface area contributed by atoms with Crippen molar-refractivity contribution < 1.29 is 0 Å². The molecule has 0 fully saturated rings. The van der Waals surface area contributed by atoms with Gasteiger partial charge in [0.25, 0.3) is 0 Å². The zero-order chi connectivity index (χ0) is 14.1. The number of hydrogen-bond donors (Lipinski definition) is 0. The molecule has 0 atom stereocenters. The van der Waals surface area contributed by atoms with E-state index >= 15 is 0 Å². The quantitative estimate of drug-likeness (QED) is 0.675. The van der Waals surface area contributed by atoms with E-state index in [1.165, 1.54) is 0 Å². The molecule has 0 N–H and O–H groups in total. The molecule has 19 heavy (non-hydrogen) atoms. The van der Waals surface area contributed by atoms with Gasteiger partial charge < -0.3 is 0 Å². The highest BCUT2D eigenvalue weighted by Crippen LogP contribution is 2.19. The SMILES string of the molecule is C=C/C=C(\C=C/C)c1nccn1C(/C=C\C)=C/C=C. The van der Waals surface area contributed by atoms with Gasteiger partial charge in [0.1, 0.15) is 5.82 Å². The maximum atomic E-state index is 4.43. The molecule has 0 aromatic carbocycles. The zero-order valence-electron chi connectivity index (χ0n) is 11.6. The van der Waals surface area contributed by atoms with Crippen LogP contribution in [0.25, 0.3) is 11.3 Å². The van der Waals surface area contributed by atoms with Gasteiger partial charge in [-0.05, 0) is 26.0 Å². The van der Waals surface area contributed by atoms with Gasteiger partial charge in [-0.15, -0.1) is 0 Å². The summed E-state index contributed by atoms with van der Waals surface area (Å²) < 4.78 is 2.02. The fourth-order valence-corrected chi connectivity index (χ4v) is 1.74. The molecule has 0 saturated heterocycles. The summed E-state index contributed by atoms with van der Waals surface area (Å²) in [6.07, 6.45) is 19.2. The third kappa shape index (κ3) is 3.81. The first kappa shape index (κ1) is 14.7. The first-order chi connectivity index (χ1) is 9.28. The van der Waals surface area contributed by atoms with Crippen LogP contribution in [0.5, 0.6) is 0 Å². The van der Waals surface area contributed by atoms with E-state index < -0.39 is 0 Å². The molecular weight excluding hydrogens is 232 g/mol. The highest BCUT2D eigenvalue weighted by atomic mass is 15.1. The van der Waals surface area contributed by atoms with Crippen LogP contribution in [0.2, 0.25) is 0 Å². The number of allylic oxidation sites excluding steroid dienone is 10. The maximum absolute atomic E-state index is 4.43. The van der Waals surface area contributed by atoms with E-state index in [1.807, 2.05) is 61.1 Å². The van der Waals surface area contributed by atoms with Crippen LogP contribution in [0.1, 0.15) is 19.7 Å². The van der Waals surface area contributed by atoms with Crippen molar-refractivity contribution >= 4 is 11.3 Å². The molecule has 1 rings (SSSR count). The van der Waals surface area contributed by atoms with E-state index in [2.05, 4.69) is 18.1 Å². The molecule has 0 amide bonds. The molecule has 1 aromatic rings. The smallest absolute Gasteiger partial charge is 0.144 e. The van der Waals surface area contributed by atoms with Gasteiger partial charge >= 0.3 is 0 Å². The number of nitrogens with zero attached hydrogens (tertiary/aromatic N) is 2. The lowest BCUT2D eigenvalue weighted by molar-refractivity contribution is 1.06. The van der Waals surface area contributed by atoms with Gasteiger partial charge in [0.05, 0.1) is 0 Å². The van der Waals surface area contributed by atoms with Gasteiger partial charge in [0.15, 0.2) is 0 Å². The predicted molar refractivity (Wildman–Crippen MR) is 84.5 cm³/mol. The Morgan fingerprint density at radius 1 is 1.11 bits per heavy atom. The van der Waals surface area contributed by atoms with Crippen LogP contribution in [-0.4, -0.2) is 9.55 Å². The van der Waals surface area contributed by atoms with Crippen LogP contribution in [0.15, 0.2) is 74.2 Å². The number of rotatable bonds is 6. The fraction of sp³-hybridized carbons (Fsp3) is 0.118. The Bertz CT molecular complexity index is 503. The van der Waals surface area contributed by atoms with Crippen molar-refractivity contribution in [2.75, 3.05) is 0 Å². The minimum atomic E-state index is 0.879. The highest BCUT2D eigenvalue weighted by Gasteiger charge is 2.07. The Labute approximate surface area is 115 Å². The first-order valence-electron chi connectivity index (χ1n) is 6.23. The molecule has 2 heteroatoms. The Morgan fingerprint density at radius 2 is 1.79 bits per heavy atom. The van der Waals surface area contributed by atoms with E-state index in [4.69, 9.17) is 0 Å². The standard InChI is InChI=1S/C17H20N2/c1-5-9-15(10-6-2)17-18-13-14-19(17)16(11-7-3)12-8-4/h5-14H,1,3H2,2,4H3/b10-6-,12-8-,15-9+,16-11+. The van der Waals surface area contributed by atoms with Crippen molar-refractivity contribution in [2.45, 2.75) is 13.8 Å². The molecule has 0 aliphatic carbocycles. The molecule has 2 nitrogen and oxygen atoms in total. The van der Waals surface area contributed by atoms with Gasteiger partial charge in [0, 0.05) is 23.7 Å². The normalized spacial score (nSPS) is 13.4. The Morgan fingerprint density at radius 3 is 2.37 bits per heavy atom. The topological polar surface area (TPSA) is 17.8 Å². The van der Waals surface area contributed by atoms with Crippen LogP contribution in [-0.2, 0) is 0 Å². The van der Waals surface area contributed by atoms with Crippen molar-refractivity contribution in [3.05, 3.63) is 80.0 Å². The summed E-state index contributed by atoms with van der Waals surface area (Å²) in [6, 6.07) is 0. The minimum absolute atomic E-state index is 0.879. The lowest BCUT2D eigenvalue weighted by Gasteiger charge is -2.09. The monoisotopic (exact) mass is 252 g/mol. The average molecular weight is 252 g/mol. The van der Waals surface area contributed by atoms with Gasteiger partial charge in [-0.2, -0.15) is 0 Å².